The van der Waals surface area contributed by atoms with Gasteiger partial charge in [-0.3, -0.25) is 4.79 Å². The average molecular weight is 383 g/mol. The van der Waals surface area contributed by atoms with Crippen LogP contribution in [0.15, 0.2) is 42.6 Å². The maximum Gasteiger partial charge on any atom is 0.243 e. The van der Waals surface area contributed by atoms with E-state index in [-0.39, 0.29) is 5.92 Å². The quantitative estimate of drug-likeness (QED) is 0.698. The molecule has 0 saturated carbocycles. The molecule has 0 aliphatic carbocycles. The first kappa shape index (κ1) is 20.2. The van der Waals surface area contributed by atoms with Crippen molar-refractivity contribution in [1.29, 1.82) is 0 Å². The minimum Gasteiger partial charge on any atom is -0.385 e. The highest BCUT2D eigenvalue weighted by molar-refractivity contribution is 5.85. The van der Waals surface area contributed by atoms with Gasteiger partial charge in [-0.25, -0.2) is 9.97 Å². The molecule has 0 radical (unpaired) electrons. The molecule has 1 fully saturated rings. The van der Waals surface area contributed by atoms with Gasteiger partial charge in [0.2, 0.25) is 11.9 Å². The molecule has 1 amide bonds. The van der Waals surface area contributed by atoms with E-state index in [1.165, 1.54) is 0 Å². The van der Waals surface area contributed by atoms with Gasteiger partial charge in [0, 0.05) is 19.3 Å². The van der Waals surface area contributed by atoms with Crippen molar-refractivity contribution in [3.8, 4) is 0 Å². The number of piperidine rings is 1. The van der Waals surface area contributed by atoms with Crippen molar-refractivity contribution in [3.05, 3.63) is 53.9 Å². The summed E-state index contributed by atoms with van der Waals surface area (Å²) < 4.78 is 0. The Bertz CT molecular complexity index is 819. The van der Waals surface area contributed by atoms with Gasteiger partial charge in [0.15, 0.2) is 0 Å². The van der Waals surface area contributed by atoms with Gasteiger partial charge in [0.05, 0.1) is 11.3 Å². The normalized spacial score (nSPS) is 18.7. The number of nitrogens with zero attached hydrogens (tertiary/aromatic N) is 3. The fourth-order valence-corrected chi connectivity index (χ4v) is 3.84. The number of benzene rings is 1. The molecular formula is C21H29N5O2. The van der Waals surface area contributed by atoms with E-state index in [0.717, 1.165) is 5.56 Å². The molecule has 3 rings (SSSR count). The Hall–Kier alpha value is -2.51. The predicted octanol–water partition coefficient (Wildman–Crippen LogP) is 1.65. The Balaban J connectivity index is 1.79. The Morgan fingerprint density at radius 2 is 1.89 bits per heavy atom. The van der Waals surface area contributed by atoms with Crippen LogP contribution < -0.4 is 16.4 Å². The van der Waals surface area contributed by atoms with Crippen LogP contribution >= 0.6 is 0 Å². The van der Waals surface area contributed by atoms with Gasteiger partial charge < -0.3 is 21.5 Å². The summed E-state index contributed by atoms with van der Waals surface area (Å²) in [5.41, 5.74) is 11.1. The molecular weight excluding hydrogens is 354 g/mol. The number of aromatic nitrogens is 2. The number of amides is 1. The van der Waals surface area contributed by atoms with Crippen LogP contribution in [0.4, 0.5) is 5.95 Å². The molecule has 1 aliphatic rings. The van der Waals surface area contributed by atoms with E-state index in [2.05, 4.69) is 9.97 Å². The number of rotatable bonds is 6. The third-order valence-electron chi connectivity index (χ3n) is 5.45. The number of carbonyl (C=O) groups excluding carboxylic acids is 1. The maximum absolute atomic E-state index is 12.1. The fraction of sp³-hybridized carbons (Fsp3) is 0.476. The van der Waals surface area contributed by atoms with Crippen molar-refractivity contribution in [2.24, 2.45) is 17.4 Å². The molecule has 0 bridgehead atoms. The SMILES string of the molecule is CC(C)C[C@](N)(C(N)=O)c1ccnc(N2CCC(O)(c3ccccc3)CC2)n1. The lowest BCUT2D eigenvalue weighted by molar-refractivity contribution is -0.124. The number of aliphatic hydroxyl groups is 1. The maximum atomic E-state index is 12.1. The van der Waals surface area contributed by atoms with Crippen molar-refractivity contribution >= 4 is 11.9 Å². The number of hydrogen-bond donors (Lipinski definition) is 3. The molecule has 0 spiro atoms. The van der Waals surface area contributed by atoms with Crippen molar-refractivity contribution < 1.29 is 9.90 Å². The second-order valence-corrected chi connectivity index (χ2v) is 8.06. The number of nitrogens with two attached hydrogens (primary N) is 2. The van der Waals surface area contributed by atoms with Crippen molar-refractivity contribution in [2.75, 3.05) is 18.0 Å². The summed E-state index contributed by atoms with van der Waals surface area (Å²) in [6, 6.07) is 11.4. The van der Waals surface area contributed by atoms with Gasteiger partial charge in [-0.2, -0.15) is 0 Å². The molecule has 1 saturated heterocycles. The minimum absolute atomic E-state index is 0.187. The summed E-state index contributed by atoms with van der Waals surface area (Å²) in [5.74, 6) is 0.0992. The first-order chi connectivity index (χ1) is 13.2. The first-order valence-corrected chi connectivity index (χ1v) is 9.70. The topological polar surface area (TPSA) is 118 Å². The van der Waals surface area contributed by atoms with Gasteiger partial charge in [0.1, 0.15) is 5.54 Å². The zero-order valence-electron chi connectivity index (χ0n) is 16.5. The number of primary amides is 1. The van der Waals surface area contributed by atoms with Crippen LogP contribution in [0.25, 0.3) is 0 Å². The molecule has 1 aromatic heterocycles. The second kappa shape index (κ2) is 7.85. The highest BCUT2D eigenvalue weighted by Crippen LogP contribution is 2.34. The lowest BCUT2D eigenvalue weighted by atomic mass is 9.84. The van der Waals surface area contributed by atoms with Crippen LogP contribution in [-0.4, -0.2) is 34.1 Å². The highest BCUT2D eigenvalue weighted by Gasteiger charge is 2.38. The molecule has 7 heteroatoms. The fourth-order valence-electron chi connectivity index (χ4n) is 3.84. The van der Waals surface area contributed by atoms with Crippen molar-refractivity contribution in [2.45, 2.75) is 44.2 Å². The average Bonchev–Trinajstić information content (AvgIpc) is 2.68. The zero-order chi connectivity index (χ0) is 20.4. The van der Waals surface area contributed by atoms with Crippen LogP contribution in [0.5, 0.6) is 0 Å². The summed E-state index contributed by atoms with van der Waals surface area (Å²) >= 11 is 0. The Kier molecular flexibility index (Phi) is 5.67. The van der Waals surface area contributed by atoms with E-state index in [9.17, 15) is 9.90 Å². The largest absolute Gasteiger partial charge is 0.385 e. The lowest BCUT2D eigenvalue weighted by Crippen LogP contribution is -2.51. The van der Waals surface area contributed by atoms with Crippen LogP contribution in [0.1, 0.15) is 44.4 Å². The van der Waals surface area contributed by atoms with Gasteiger partial charge in [0.25, 0.3) is 0 Å². The van der Waals surface area contributed by atoms with E-state index in [0.29, 0.717) is 44.0 Å². The number of anilines is 1. The summed E-state index contributed by atoms with van der Waals surface area (Å²) in [4.78, 5) is 23.0. The predicted molar refractivity (Wildman–Crippen MR) is 108 cm³/mol. The monoisotopic (exact) mass is 383 g/mol. The van der Waals surface area contributed by atoms with E-state index in [1.54, 1.807) is 12.3 Å². The smallest absolute Gasteiger partial charge is 0.243 e. The Morgan fingerprint density at radius 1 is 1.25 bits per heavy atom. The summed E-state index contributed by atoms with van der Waals surface area (Å²) in [6.45, 7) is 5.18. The van der Waals surface area contributed by atoms with Gasteiger partial charge >= 0.3 is 0 Å². The van der Waals surface area contributed by atoms with Crippen molar-refractivity contribution in [1.82, 2.24) is 9.97 Å². The van der Waals surface area contributed by atoms with Gasteiger partial charge in [-0.15, -0.1) is 0 Å². The Labute approximate surface area is 165 Å². The Morgan fingerprint density at radius 3 is 2.46 bits per heavy atom. The minimum atomic E-state index is -1.33. The third kappa shape index (κ3) is 4.00. The van der Waals surface area contributed by atoms with Gasteiger partial charge in [-0.05, 0) is 36.8 Å². The molecule has 7 nitrogen and oxygen atoms in total. The van der Waals surface area contributed by atoms with Crippen LogP contribution in [0.3, 0.4) is 0 Å². The molecule has 28 heavy (non-hydrogen) atoms. The lowest BCUT2D eigenvalue weighted by Gasteiger charge is -2.38. The van der Waals surface area contributed by atoms with Gasteiger partial charge in [-0.1, -0.05) is 44.2 Å². The van der Waals surface area contributed by atoms with Crippen LogP contribution in [-0.2, 0) is 15.9 Å². The molecule has 1 atom stereocenters. The molecule has 2 heterocycles. The standard InChI is InChI=1S/C21H29N5O2/c1-15(2)14-21(23,18(22)27)17-8-11-24-19(25-17)26-12-9-20(28,10-13-26)16-6-4-3-5-7-16/h3-8,11,15,28H,9-10,12-14,23H2,1-2H3,(H2,22,27)/t21-/m1/s1. The number of carbonyl (C=O) groups is 1. The molecule has 150 valence electrons. The van der Waals surface area contributed by atoms with E-state index in [4.69, 9.17) is 11.5 Å². The van der Waals surface area contributed by atoms with E-state index < -0.39 is 17.0 Å². The molecule has 1 aliphatic heterocycles. The summed E-state index contributed by atoms with van der Waals surface area (Å²) in [5, 5.41) is 11.0. The molecule has 1 aromatic carbocycles. The van der Waals surface area contributed by atoms with Crippen molar-refractivity contribution in [3.63, 3.8) is 0 Å². The second-order valence-electron chi connectivity index (χ2n) is 8.06. The molecule has 2 aromatic rings. The van der Waals surface area contributed by atoms with E-state index in [1.807, 2.05) is 49.1 Å². The number of hydrogen-bond acceptors (Lipinski definition) is 6. The zero-order valence-corrected chi connectivity index (χ0v) is 16.5. The summed E-state index contributed by atoms with van der Waals surface area (Å²) in [7, 11) is 0. The molecule has 0 unspecified atom stereocenters. The van der Waals surface area contributed by atoms with Crippen LogP contribution in [0.2, 0.25) is 0 Å². The molecule has 5 N–H and O–H groups in total. The van der Waals surface area contributed by atoms with E-state index >= 15 is 0 Å². The third-order valence-corrected chi connectivity index (χ3v) is 5.45. The highest BCUT2D eigenvalue weighted by atomic mass is 16.3. The van der Waals surface area contributed by atoms with Crippen LogP contribution in [0, 0.1) is 5.92 Å². The first-order valence-electron chi connectivity index (χ1n) is 9.70. The summed E-state index contributed by atoms with van der Waals surface area (Å²) in [6.07, 6.45) is 3.16.